The fourth-order valence-electron chi connectivity index (χ4n) is 3.27. The van der Waals surface area contributed by atoms with E-state index < -0.39 is 5.97 Å². The fourth-order valence-corrected chi connectivity index (χ4v) is 4.50. The normalized spacial score (nSPS) is 13.8. The van der Waals surface area contributed by atoms with Crippen molar-refractivity contribution < 1.29 is 13.9 Å². The highest BCUT2D eigenvalue weighted by Gasteiger charge is 2.19. The lowest BCUT2D eigenvalue weighted by atomic mass is 10.0. The molecule has 25 heavy (non-hydrogen) atoms. The van der Waals surface area contributed by atoms with Gasteiger partial charge in [0.25, 0.3) is 5.56 Å². The highest BCUT2D eigenvalue weighted by Crippen LogP contribution is 2.28. The second kappa shape index (κ2) is 6.15. The quantitative estimate of drug-likeness (QED) is 0.672. The number of rotatable bonds is 3. The molecule has 0 amide bonds. The average Bonchev–Trinajstić information content (AvgIpc) is 3.12. The summed E-state index contributed by atoms with van der Waals surface area (Å²) in [6.45, 7) is 3.46. The van der Waals surface area contributed by atoms with Crippen LogP contribution in [0.25, 0.3) is 4.96 Å². The van der Waals surface area contributed by atoms with E-state index >= 15 is 0 Å². The first-order chi connectivity index (χ1) is 12.0. The lowest BCUT2D eigenvalue weighted by molar-refractivity contribution is 0.0466. The van der Waals surface area contributed by atoms with Crippen molar-refractivity contribution in [2.45, 2.75) is 46.1 Å². The molecule has 7 heteroatoms. The molecule has 4 rings (SSSR count). The number of carbonyl (C=O) groups excluding carboxylic acids is 1. The lowest BCUT2D eigenvalue weighted by Crippen LogP contribution is -2.18. The van der Waals surface area contributed by atoms with Crippen LogP contribution in [0.5, 0.6) is 0 Å². The Morgan fingerprint density at radius 1 is 1.32 bits per heavy atom. The van der Waals surface area contributed by atoms with E-state index in [1.54, 1.807) is 35.7 Å². The Bertz CT molecular complexity index is 1030. The molecular formula is C18H18N2O4S. The van der Waals surface area contributed by atoms with Crippen LogP contribution >= 0.6 is 11.3 Å². The summed E-state index contributed by atoms with van der Waals surface area (Å²) >= 11 is 1.56. The van der Waals surface area contributed by atoms with Gasteiger partial charge in [-0.05, 0) is 45.6 Å². The third-order valence-electron chi connectivity index (χ3n) is 4.43. The van der Waals surface area contributed by atoms with E-state index in [9.17, 15) is 9.59 Å². The number of ether oxygens (including phenoxy) is 1. The molecule has 0 unspecified atom stereocenters. The second-order valence-corrected chi connectivity index (χ2v) is 7.35. The van der Waals surface area contributed by atoms with Crippen molar-refractivity contribution in [1.29, 1.82) is 0 Å². The summed E-state index contributed by atoms with van der Waals surface area (Å²) in [6.07, 6.45) is 4.19. The molecule has 0 N–H and O–H groups in total. The Balaban J connectivity index is 1.59. The Morgan fingerprint density at radius 3 is 2.88 bits per heavy atom. The lowest BCUT2D eigenvalue weighted by Gasteiger charge is -2.10. The summed E-state index contributed by atoms with van der Waals surface area (Å²) in [6, 6.07) is 3.10. The highest BCUT2D eigenvalue weighted by molar-refractivity contribution is 7.17. The summed E-state index contributed by atoms with van der Waals surface area (Å²) < 4.78 is 12.4. The summed E-state index contributed by atoms with van der Waals surface area (Å²) in [4.78, 5) is 31.1. The standard InChI is InChI=1S/C18H18N2O4S/c1-10-7-13(11(2)24-10)17(22)23-9-12-8-16(21)20-14-5-3-4-6-15(14)25-18(20)19-12/h7-8H,3-6,9H2,1-2H3. The molecule has 0 fully saturated rings. The molecule has 0 radical (unpaired) electrons. The minimum Gasteiger partial charge on any atom is -0.466 e. The predicted molar refractivity (Wildman–Crippen MR) is 93.3 cm³/mol. The number of thiazole rings is 1. The predicted octanol–water partition coefficient (Wildman–Crippen LogP) is 3.20. The zero-order chi connectivity index (χ0) is 17.6. The van der Waals surface area contributed by atoms with Crippen LogP contribution in [0.4, 0.5) is 0 Å². The minimum atomic E-state index is -0.471. The van der Waals surface area contributed by atoms with Gasteiger partial charge < -0.3 is 9.15 Å². The Kier molecular flexibility index (Phi) is 3.95. The molecular weight excluding hydrogens is 340 g/mol. The Hall–Kier alpha value is -2.41. The summed E-state index contributed by atoms with van der Waals surface area (Å²) in [7, 11) is 0. The van der Waals surface area contributed by atoms with Crippen molar-refractivity contribution in [2.24, 2.45) is 0 Å². The van der Waals surface area contributed by atoms with Crippen LogP contribution in [0, 0.1) is 13.8 Å². The zero-order valence-electron chi connectivity index (χ0n) is 14.1. The number of furan rings is 1. The molecule has 0 aromatic carbocycles. The molecule has 6 nitrogen and oxygen atoms in total. The van der Waals surface area contributed by atoms with Gasteiger partial charge in [0, 0.05) is 16.6 Å². The summed E-state index contributed by atoms with van der Waals surface area (Å²) in [5, 5.41) is 0. The van der Waals surface area contributed by atoms with Crippen LogP contribution in [0.15, 0.2) is 21.3 Å². The molecule has 0 aliphatic heterocycles. The van der Waals surface area contributed by atoms with Gasteiger partial charge >= 0.3 is 5.97 Å². The van der Waals surface area contributed by atoms with Crippen molar-refractivity contribution in [2.75, 3.05) is 0 Å². The van der Waals surface area contributed by atoms with Crippen molar-refractivity contribution in [3.63, 3.8) is 0 Å². The molecule has 0 bridgehead atoms. The molecule has 0 saturated carbocycles. The Morgan fingerprint density at radius 2 is 2.12 bits per heavy atom. The van der Waals surface area contributed by atoms with Gasteiger partial charge in [-0.15, -0.1) is 11.3 Å². The topological polar surface area (TPSA) is 73.8 Å². The molecule has 3 heterocycles. The van der Waals surface area contributed by atoms with Crippen LogP contribution < -0.4 is 5.56 Å². The minimum absolute atomic E-state index is 0.0309. The second-order valence-electron chi connectivity index (χ2n) is 6.29. The van der Waals surface area contributed by atoms with Crippen LogP contribution in [0.1, 0.15) is 51.0 Å². The fraction of sp³-hybridized carbons (Fsp3) is 0.389. The average molecular weight is 358 g/mol. The highest BCUT2D eigenvalue weighted by atomic mass is 32.1. The van der Waals surface area contributed by atoms with E-state index in [0.717, 1.165) is 31.4 Å². The number of aromatic nitrogens is 2. The van der Waals surface area contributed by atoms with E-state index in [0.29, 0.717) is 27.7 Å². The molecule has 0 saturated heterocycles. The van der Waals surface area contributed by atoms with Crippen molar-refractivity contribution in [3.8, 4) is 0 Å². The monoisotopic (exact) mass is 358 g/mol. The van der Waals surface area contributed by atoms with E-state index in [4.69, 9.17) is 9.15 Å². The first-order valence-electron chi connectivity index (χ1n) is 8.30. The molecule has 0 spiro atoms. The first kappa shape index (κ1) is 16.1. The smallest absolute Gasteiger partial charge is 0.342 e. The van der Waals surface area contributed by atoms with Crippen molar-refractivity contribution in [3.05, 3.63) is 55.8 Å². The van der Waals surface area contributed by atoms with Gasteiger partial charge in [-0.2, -0.15) is 0 Å². The summed E-state index contributed by atoms with van der Waals surface area (Å²) in [5.41, 5.74) is 1.86. The largest absolute Gasteiger partial charge is 0.466 e. The molecule has 1 aliphatic carbocycles. The van der Waals surface area contributed by atoms with Crippen molar-refractivity contribution >= 4 is 22.3 Å². The molecule has 130 valence electrons. The maximum atomic E-state index is 12.5. The van der Waals surface area contributed by atoms with E-state index in [1.165, 1.54) is 10.9 Å². The third kappa shape index (κ3) is 2.89. The van der Waals surface area contributed by atoms with Crippen LogP contribution in [0.2, 0.25) is 0 Å². The molecule has 0 atom stereocenters. The van der Waals surface area contributed by atoms with Crippen LogP contribution in [0.3, 0.4) is 0 Å². The first-order valence-corrected chi connectivity index (χ1v) is 9.12. The maximum absolute atomic E-state index is 12.5. The number of hydrogen-bond acceptors (Lipinski definition) is 6. The van der Waals surface area contributed by atoms with Gasteiger partial charge in [-0.1, -0.05) is 0 Å². The number of fused-ring (bicyclic) bond motifs is 3. The number of esters is 1. The SMILES string of the molecule is Cc1cc(C(=O)OCc2cc(=O)n3c4c(sc3n2)CCCC4)c(C)o1. The molecule has 1 aliphatic rings. The van der Waals surface area contributed by atoms with E-state index in [2.05, 4.69) is 4.98 Å². The molecule has 3 aromatic rings. The van der Waals surface area contributed by atoms with Gasteiger partial charge in [0.05, 0.1) is 5.69 Å². The van der Waals surface area contributed by atoms with E-state index in [-0.39, 0.29) is 12.2 Å². The van der Waals surface area contributed by atoms with Crippen LogP contribution in [-0.4, -0.2) is 15.4 Å². The van der Waals surface area contributed by atoms with Gasteiger partial charge in [-0.25, -0.2) is 9.78 Å². The number of aryl methyl sites for hydroxylation is 4. The molecule has 3 aromatic heterocycles. The van der Waals surface area contributed by atoms with Gasteiger partial charge in [0.15, 0.2) is 4.96 Å². The summed E-state index contributed by atoms with van der Waals surface area (Å²) in [5.74, 6) is 0.713. The van der Waals surface area contributed by atoms with Gasteiger partial charge in [0.2, 0.25) is 0 Å². The van der Waals surface area contributed by atoms with E-state index in [1.807, 2.05) is 0 Å². The zero-order valence-corrected chi connectivity index (χ0v) is 14.9. The third-order valence-corrected chi connectivity index (χ3v) is 5.57. The van der Waals surface area contributed by atoms with Gasteiger partial charge in [-0.3, -0.25) is 9.20 Å². The van der Waals surface area contributed by atoms with Crippen LogP contribution in [-0.2, 0) is 24.2 Å². The maximum Gasteiger partial charge on any atom is 0.342 e. The Labute approximate surface area is 148 Å². The number of hydrogen-bond donors (Lipinski definition) is 0. The number of carbonyl (C=O) groups is 1. The van der Waals surface area contributed by atoms with Gasteiger partial charge in [0.1, 0.15) is 23.7 Å². The van der Waals surface area contributed by atoms with Crippen molar-refractivity contribution in [1.82, 2.24) is 9.38 Å². The number of nitrogens with zero attached hydrogens (tertiary/aromatic N) is 2.